The molecule has 20 heavy (non-hydrogen) atoms. The van der Waals surface area contributed by atoms with Crippen LogP contribution in [0.5, 0.6) is 0 Å². The van der Waals surface area contributed by atoms with Gasteiger partial charge < -0.3 is 16.0 Å². The van der Waals surface area contributed by atoms with Crippen molar-refractivity contribution in [1.29, 1.82) is 0 Å². The third-order valence-corrected chi connectivity index (χ3v) is 3.52. The van der Waals surface area contributed by atoms with E-state index in [-0.39, 0.29) is 18.5 Å². The summed E-state index contributed by atoms with van der Waals surface area (Å²) in [5, 5.41) is 7.42. The van der Waals surface area contributed by atoms with Crippen LogP contribution in [-0.4, -0.2) is 52.2 Å². The number of nitrogens with two attached hydrogens (primary N) is 1. The summed E-state index contributed by atoms with van der Waals surface area (Å²) in [7, 11) is 1.72. The number of primary amides is 1. The Bertz CT molecular complexity index is 505. The molecule has 0 saturated carbocycles. The van der Waals surface area contributed by atoms with Gasteiger partial charge in [-0.2, -0.15) is 5.10 Å². The molecule has 110 valence electrons. The Morgan fingerprint density at radius 1 is 1.60 bits per heavy atom. The average Bonchev–Trinajstić information content (AvgIpc) is 2.75. The van der Waals surface area contributed by atoms with Crippen LogP contribution in [0, 0.1) is 6.92 Å². The Hall–Kier alpha value is -1.89. The highest BCUT2D eigenvalue weighted by Crippen LogP contribution is 2.14. The minimum Gasteiger partial charge on any atom is -0.368 e. The van der Waals surface area contributed by atoms with Crippen molar-refractivity contribution < 1.29 is 9.59 Å². The third-order valence-electron chi connectivity index (χ3n) is 3.52. The molecule has 7 heteroatoms. The summed E-state index contributed by atoms with van der Waals surface area (Å²) in [6.07, 6.45) is 1.86. The molecule has 2 rings (SSSR count). The maximum Gasteiger partial charge on any atom is 0.272 e. The van der Waals surface area contributed by atoms with E-state index in [1.807, 2.05) is 6.92 Å². The number of aryl methyl sites for hydroxylation is 2. The topological polar surface area (TPSA) is 93.2 Å². The van der Waals surface area contributed by atoms with Crippen LogP contribution >= 0.6 is 0 Å². The first-order chi connectivity index (χ1) is 9.49. The maximum atomic E-state index is 12.6. The molecule has 0 aromatic carbocycles. The fraction of sp³-hybridized carbons (Fsp3) is 0.615. The van der Waals surface area contributed by atoms with Crippen molar-refractivity contribution in [3.8, 4) is 0 Å². The maximum absolute atomic E-state index is 12.6. The molecule has 1 unspecified atom stereocenters. The van der Waals surface area contributed by atoms with Crippen LogP contribution < -0.4 is 11.1 Å². The molecule has 1 saturated heterocycles. The first-order valence-electron chi connectivity index (χ1n) is 6.79. The quantitative estimate of drug-likeness (QED) is 0.770. The number of nitrogens with zero attached hydrogens (tertiary/aromatic N) is 3. The van der Waals surface area contributed by atoms with E-state index >= 15 is 0 Å². The smallest absolute Gasteiger partial charge is 0.272 e. The minimum atomic E-state index is -0.497. The molecule has 0 bridgehead atoms. The lowest BCUT2D eigenvalue weighted by atomic mass is 10.1. The molecular formula is C13H21N5O2. The fourth-order valence-electron chi connectivity index (χ4n) is 2.59. The Kier molecular flexibility index (Phi) is 4.39. The lowest BCUT2D eigenvalue weighted by molar-refractivity contribution is -0.119. The highest BCUT2D eigenvalue weighted by Gasteiger charge is 2.29. The second kappa shape index (κ2) is 6.04. The molecule has 2 amide bonds. The number of rotatable bonds is 4. The average molecular weight is 279 g/mol. The first kappa shape index (κ1) is 14.5. The van der Waals surface area contributed by atoms with E-state index in [2.05, 4.69) is 10.4 Å². The molecule has 1 fully saturated rings. The number of aromatic nitrogens is 2. The molecule has 3 N–H and O–H groups in total. The van der Waals surface area contributed by atoms with Crippen LogP contribution in [0.2, 0.25) is 0 Å². The van der Waals surface area contributed by atoms with Crippen LogP contribution in [0.25, 0.3) is 0 Å². The lowest BCUT2D eigenvalue weighted by Gasteiger charge is -2.33. The summed E-state index contributed by atoms with van der Waals surface area (Å²) in [6, 6.07) is 1.73. The summed E-state index contributed by atoms with van der Waals surface area (Å²) >= 11 is 0. The fourth-order valence-corrected chi connectivity index (χ4v) is 2.59. The van der Waals surface area contributed by atoms with Crippen LogP contribution in [0.4, 0.5) is 0 Å². The number of piperidine rings is 1. The molecule has 1 aliphatic heterocycles. The second-order valence-electron chi connectivity index (χ2n) is 5.19. The van der Waals surface area contributed by atoms with Gasteiger partial charge in [-0.25, -0.2) is 0 Å². The molecule has 7 nitrogen and oxygen atoms in total. The largest absolute Gasteiger partial charge is 0.368 e. The molecule has 1 aromatic rings. The molecule has 1 atom stereocenters. The summed E-state index contributed by atoms with van der Waals surface area (Å²) in [4.78, 5) is 25.5. The van der Waals surface area contributed by atoms with E-state index in [1.165, 1.54) is 0 Å². The van der Waals surface area contributed by atoms with Crippen molar-refractivity contribution in [2.24, 2.45) is 12.8 Å². The Morgan fingerprint density at radius 2 is 2.35 bits per heavy atom. The molecule has 1 aliphatic rings. The van der Waals surface area contributed by atoms with Crippen LogP contribution in [0.1, 0.15) is 29.0 Å². The summed E-state index contributed by atoms with van der Waals surface area (Å²) in [5.74, 6) is -0.691. The van der Waals surface area contributed by atoms with Gasteiger partial charge in [-0.3, -0.25) is 14.3 Å². The van der Waals surface area contributed by atoms with Gasteiger partial charge in [-0.1, -0.05) is 0 Å². The minimum absolute atomic E-state index is 0.000967. The zero-order valence-electron chi connectivity index (χ0n) is 11.9. The van der Waals surface area contributed by atoms with Crippen molar-refractivity contribution in [2.45, 2.75) is 25.8 Å². The third kappa shape index (κ3) is 3.16. The van der Waals surface area contributed by atoms with Crippen LogP contribution in [0.3, 0.4) is 0 Å². The number of hydrogen-bond donors (Lipinski definition) is 2. The van der Waals surface area contributed by atoms with Gasteiger partial charge in [-0.05, 0) is 32.4 Å². The van der Waals surface area contributed by atoms with Gasteiger partial charge in [0.2, 0.25) is 5.91 Å². The lowest BCUT2D eigenvalue weighted by Crippen LogP contribution is -2.51. The molecule has 0 aliphatic carbocycles. The van der Waals surface area contributed by atoms with Gasteiger partial charge in [0.1, 0.15) is 12.2 Å². The van der Waals surface area contributed by atoms with E-state index in [1.54, 1.807) is 22.7 Å². The molecule has 0 spiro atoms. The molecule has 2 heterocycles. The van der Waals surface area contributed by atoms with E-state index in [0.29, 0.717) is 12.2 Å². The number of carbonyl (C=O) groups is 2. The van der Waals surface area contributed by atoms with Gasteiger partial charge in [0.25, 0.3) is 5.91 Å². The Labute approximate surface area is 118 Å². The zero-order chi connectivity index (χ0) is 14.7. The van der Waals surface area contributed by atoms with Gasteiger partial charge in [0, 0.05) is 19.6 Å². The van der Waals surface area contributed by atoms with Gasteiger partial charge >= 0.3 is 0 Å². The normalized spacial score (nSPS) is 18.8. The predicted molar refractivity (Wildman–Crippen MR) is 74.1 cm³/mol. The summed E-state index contributed by atoms with van der Waals surface area (Å²) in [6.45, 7) is 3.41. The second-order valence-corrected chi connectivity index (χ2v) is 5.19. The van der Waals surface area contributed by atoms with Gasteiger partial charge in [-0.15, -0.1) is 0 Å². The van der Waals surface area contributed by atoms with Crippen molar-refractivity contribution >= 4 is 11.8 Å². The highest BCUT2D eigenvalue weighted by molar-refractivity contribution is 5.95. The van der Waals surface area contributed by atoms with Crippen molar-refractivity contribution in [3.63, 3.8) is 0 Å². The number of carbonyl (C=O) groups excluding carboxylic acids is 2. The Balaban J connectivity index is 2.23. The van der Waals surface area contributed by atoms with E-state index in [9.17, 15) is 9.59 Å². The van der Waals surface area contributed by atoms with Gasteiger partial charge in [0.15, 0.2) is 0 Å². The number of amides is 2. The monoisotopic (exact) mass is 279 g/mol. The SMILES string of the molecule is Cc1cc(C(=O)N(CC(N)=O)C2CCCNC2)n(C)n1. The van der Waals surface area contributed by atoms with Crippen molar-refractivity contribution in [3.05, 3.63) is 17.5 Å². The number of nitrogens with one attached hydrogen (secondary N) is 1. The van der Waals surface area contributed by atoms with E-state index < -0.39 is 5.91 Å². The molecular weight excluding hydrogens is 258 g/mol. The first-order valence-corrected chi connectivity index (χ1v) is 6.79. The molecule has 0 radical (unpaired) electrons. The van der Waals surface area contributed by atoms with E-state index in [0.717, 1.165) is 25.1 Å². The van der Waals surface area contributed by atoms with Crippen LogP contribution in [0.15, 0.2) is 6.07 Å². The Morgan fingerprint density at radius 3 is 2.85 bits per heavy atom. The number of hydrogen-bond acceptors (Lipinski definition) is 4. The van der Waals surface area contributed by atoms with Crippen molar-refractivity contribution in [2.75, 3.05) is 19.6 Å². The zero-order valence-corrected chi connectivity index (χ0v) is 11.9. The highest BCUT2D eigenvalue weighted by atomic mass is 16.2. The predicted octanol–water partition coefficient (Wildman–Crippen LogP) is -0.592. The standard InChI is InChI=1S/C13H21N5O2/c1-9-6-11(17(2)16-9)13(20)18(8-12(14)19)10-4-3-5-15-7-10/h6,10,15H,3-5,7-8H2,1-2H3,(H2,14,19). The summed E-state index contributed by atoms with van der Waals surface area (Å²) in [5.41, 5.74) is 6.54. The van der Waals surface area contributed by atoms with Crippen LogP contribution in [-0.2, 0) is 11.8 Å². The van der Waals surface area contributed by atoms with Crippen molar-refractivity contribution in [1.82, 2.24) is 20.0 Å². The molecule has 1 aromatic heterocycles. The summed E-state index contributed by atoms with van der Waals surface area (Å²) < 4.78 is 1.54. The van der Waals surface area contributed by atoms with Gasteiger partial charge in [0.05, 0.1) is 5.69 Å². The van der Waals surface area contributed by atoms with E-state index in [4.69, 9.17) is 5.73 Å².